The third-order valence-corrected chi connectivity index (χ3v) is 8.43. The standard InChI is InChI=1S/C23H26N4O3S/c1-25-13-22(24-15-25)31(29,30)27-11-10-18-21(14-28)26(2)20-9-8-17(12-19(20)23(18)27)16-6-4-3-5-7-16/h3-9,12-13,15,18,21,23,28H,10-11,14H2,1-2H3/t18-,21-,23-/m1/s1. The first-order valence-corrected chi connectivity index (χ1v) is 11.9. The number of likely N-dealkylation sites (N-methyl/N-ethyl adjacent to an activating group) is 1. The first kappa shape index (κ1) is 20.2. The van der Waals surface area contributed by atoms with Crippen LogP contribution >= 0.6 is 0 Å². The lowest BCUT2D eigenvalue weighted by Gasteiger charge is -2.44. The maximum Gasteiger partial charge on any atom is 0.262 e. The third-order valence-electron chi connectivity index (χ3n) is 6.66. The molecule has 1 aromatic heterocycles. The summed E-state index contributed by atoms with van der Waals surface area (Å²) in [6, 6.07) is 15.8. The molecule has 7 nitrogen and oxygen atoms in total. The van der Waals surface area contributed by atoms with Gasteiger partial charge in [-0.15, -0.1) is 0 Å². The van der Waals surface area contributed by atoms with Crippen molar-refractivity contribution < 1.29 is 13.5 Å². The van der Waals surface area contributed by atoms with Crippen LogP contribution in [0.2, 0.25) is 0 Å². The largest absolute Gasteiger partial charge is 0.394 e. The fraction of sp³-hybridized carbons (Fsp3) is 0.348. The van der Waals surface area contributed by atoms with E-state index in [1.807, 2.05) is 31.3 Å². The van der Waals surface area contributed by atoms with Crippen molar-refractivity contribution >= 4 is 15.7 Å². The van der Waals surface area contributed by atoms with Crippen LogP contribution in [0.4, 0.5) is 5.69 Å². The van der Waals surface area contributed by atoms with Gasteiger partial charge in [-0.2, -0.15) is 4.31 Å². The van der Waals surface area contributed by atoms with Crippen LogP contribution in [0.1, 0.15) is 18.0 Å². The highest BCUT2D eigenvalue weighted by atomic mass is 32.2. The number of anilines is 1. The Morgan fingerprint density at radius 1 is 1.10 bits per heavy atom. The molecule has 1 fully saturated rings. The summed E-state index contributed by atoms with van der Waals surface area (Å²) in [5.74, 6) is 0.00649. The molecule has 2 aliphatic rings. The van der Waals surface area contributed by atoms with Gasteiger partial charge < -0.3 is 14.6 Å². The Kier molecular flexibility index (Phi) is 4.88. The zero-order valence-corrected chi connectivity index (χ0v) is 18.4. The van der Waals surface area contributed by atoms with Crippen molar-refractivity contribution in [2.75, 3.05) is 25.1 Å². The Morgan fingerprint density at radius 2 is 1.87 bits per heavy atom. The molecule has 3 heterocycles. The Balaban J connectivity index is 1.65. The molecule has 0 saturated carbocycles. The summed E-state index contributed by atoms with van der Waals surface area (Å²) in [6.07, 6.45) is 3.75. The summed E-state index contributed by atoms with van der Waals surface area (Å²) in [5.41, 5.74) is 4.08. The number of fused-ring (bicyclic) bond motifs is 3. The van der Waals surface area contributed by atoms with Gasteiger partial charge in [0.05, 0.1) is 25.0 Å². The summed E-state index contributed by atoms with van der Waals surface area (Å²) in [6.45, 7) is 0.391. The van der Waals surface area contributed by atoms with Gasteiger partial charge in [0.25, 0.3) is 10.0 Å². The molecule has 162 valence electrons. The Hall–Kier alpha value is -2.68. The van der Waals surface area contributed by atoms with E-state index in [0.717, 1.165) is 22.4 Å². The number of rotatable bonds is 4. The van der Waals surface area contributed by atoms with Crippen LogP contribution < -0.4 is 4.90 Å². The molecule has 0 bridgehead atoms. The molecule has 3 aromatic rings. The Labute approximate surface area is 182 Å². The molecule has 31 heavy (non-hydrogen) atoms. The van der Waals surface area contributed by atoms with Crippen LogP contribution in [0, 0.1) is 5.92 Å². The average molecular weight is 439 g/mol. The van der Waals surface area contributed by atoms with Gasteiger partial charge in [0.1, 0.15) is 0 Å². The maximum absolute atomic E-state index is 13.5. The van der Waals surface area contributed by atoms with Crippen LogP contribution in [-0.2, 0) is 17.1 Å². The van der Waals surface area contributed by atoms with Crippen molar-refractivity contribution in [3.05, 3.63) is 66.6 Å². The molecular formula is C23H26N4O3S. The number of hydrogen-bond donors (Lipinski definition) is 1. The summed E-state index contributed by atoms with van der Waals surface area (Å²) < 4.78 is 30.3. The molecule has 5 rings (SSSR count). The highest BCUT2D eigenvalue weighted by Gasteiger charge is 2.50. The van der Waals surface area contributed by atoms with Gasteiger partial charge in [-0.05, 0) is 35.2 Å². The van der Waals surface area contributed by atoms with Crippen molar-refractivity contribution in [1.82, 2.24) is 13.9 Å². The highest BCUT2D eigenvalue weighted by molar-refractivity contribution is 7.89. The highest BCUT2D eigenvalue weighted by Crippen LogP contribution is 2.50. The van der Waals surface area contributed by atoms with E-state index in [4.69, 9.17) is 0 Å². The summed E-state index contributed by atoms with van der Waals surface area (Å²) in [7, 11) is -0.0146. The number of nitrogens with zero attached hydrogens (tertiary/aromatic N) is 4. The van der Waals surface area contributed by atoms with Crippen LogP contribution in [0.25, 0.3) is 11.1 Å². The van der Waals surface area contributed by atoms with Crippen LogP contribution in [0.3, 0.4) is 0 Å². The summed E-state index contributed by atoms with van der Waals surface area (Å²) in [4.78, 5) is 6.22. The van der Waals surface area contributed by atoms with Crippen LogP contribution in [-0.4, -0.2) is 53.6 Å². The normalized spacial score (nSPS) is 23.6. The molecular weight excluding hydrogens is 412 g/mol. The van der Waals surface area contributed by atoms with Gasteiger partial charge in [0, 0.05) is 38.4 Å². The number of sulfonamides is 1. The molecule has 1 N–H and O–H groups in total. The third kappa shape index (κ3) is 3.17. The molecule has 1 saturated heterocycles. The fourth-order valence-corrected chi connectivity index (χ4v) is 6.77. The topological polar surface area (TPSA) is 78.7 Å². The molecule has 2 aliphatic heterocycles. The molecule has 0 spiro atoms. The van der Waals surface area contributed by atoms with Gasteiger partial charge in [-0.1, -0.05) is 36.4 Å². The van der Waals surface area contributed by atoms with E-state index >= 15 is 0 Å². The number of benzene rings is 2. The Bertz CT molecular complexity index is 1210. The number of aliphatic hydroxyl groups is 1. The quantitative estimate of drug-likeness (QED) is 0.678. The van der Waals surface area contributed by atoms with Crippen molar-refractivity contribution in [2.45, 2.75) is 23.5 Å². The average Bonchev–Trinajstić information content (AvgIpc) is 3.42. The second-order valence-corrected chi connectivity index (χ2v) is 10.2. The van der Waals surface area contributed by atoms with E-state index in [0.29, 0.717) is 13.0 Å². The minimum atomic E-state index is -3.76. The minimum absolute atomic E-state index is 0.00649. The molecule has 3 atom stereocenters. The van der Waals surface area contributed by atoms with E-state index in [2.05, 4.69) is 34.1 Å². The van der Waals surface area contributed by atoms with E-state index in [1.165, 1.54) is 6.33 Å². The lowest BCUT2D eigenvalue weighted by molar-refractivity contribution is 0.193. The second-order valence-electron chi connectivity index (χ2n) is 8.39. The smallest absolute Gasteiger partial charge is 0.262 e. The van der Waals surface area contributed by atoms with Crippen molar-refractivity contribution in [2.24, 2.45) is 13.0 Å². The molecule has 2 aromatic carbocycles. The van der Waals surface area contributed by atoms with Crippen molar-refractivity contribution in [3.63, 3.8) is 0 Å². The molecule has 0 aliphatic carbocycles. The Morgan fingerprint density at radius 3 is 2.55 bits per heavy atom. The zero-order valence-electron chi connectivity index (χ0n) is 17.6. The van der Waals surface area contributed by atoms with Gasteiger partial charge in [-0.25, -0.2) is 13.4 Å². The SMILES string of the molecule is CN1c2ccc(-c3ccccc3)cc2[C@H]2[C@H](CCN2S(=O)(=O)c2cn(C)cn2)[C@H]1CO. The minimum Gasteiger partial charge on any atom is -0.394 e. The molecule has 0 radical (unpaired) electrons. The lowest BCUT2D eigenvalue weighted by Crippen LogP contribution is -2.48. The predicted octanol–water partition coefficient (Wildman–Crippen LogP) is 2.65. The fourth-order valence-electron chi connectivity index (χ4n) is 5.13. The van der Waals surface area contributed by atoms with E-state index in [-0.39, 0.29) is 29.6 Å². The van der Waals surface area contributed by atoms with E-state index in [9.17, 15) is 13.5 Å². The van der Waals surface area contributed by atoms with E-state index < -0.39 is 10.0 Å². The van der Waals surface area contributed by atoms with Gasteiger partial charge in [-0.3, -0.25) is 0 Å². The summed E-state index contributed by atoms with van der Waals surface area (Å²) in [5, 5.41) is 10.2. The maximum atomic E-state index is 13.5. The number of aliphatic hydroxyl groups excluding tert-OH is 1. The number of aromatic nitrogens is 2. The van der Waals surface area contributed by atoms with Crippen molar-refractivity contribution in [1.29, 1.82) is 0 Å². The summed E-state index contributed by atoms with van der Waals surface area (Å²) >= 11 is 0. The van der Waals surface area contributed by atoms with E-state index in [1.54, 1.807) is 22.1 Å². The van der Waals surface area contributed by atoms with Gasteiger partial charge in [0.2, 0.25) is 0 Å². The zero-order chi connectivity index (χ0) is 21.8. The molecule has 8 heteroatoms. The van der Waals surface area contributed by atoms with Gasteiger partial charge >= 0.3 is 0 Å². The number of hydrogen-bond acceptors (Lipinski definition) is 5. The number of aryl methyl sites for hydroxylation is 1. The predicted molar refractivity (Wildman–Crippen MR) is 119 cm³/mol. The van der Waals surface area contributed by atoms with Crippen molar-refractivity contribution in [3.8, 4) is 11.1 Å². The molecule has 0 amide bonds. The lowest BCUT2D eigenvalue weighted by atomic mass is 9.81. The first-order chi connectivity index (χ1) is 14.9. The van der Waals surface area contributed by atoms with Crippen LogP contribution in [0.15, 0.2) is 66.1 Å². The first-order valence-electron chi connectivity index (χ1n) is 10.4. The second kappa shape index (κ2) is 7.47. The van der Waals surface area contributed by atoms with Gasteiger partial charge in [0.15, 0.2) is 5.03 Å². The molecule has 0 unspecified atom stereocenters. The number of imidazole rings is 1. The monoisotopic (exact) mass is 438 g/mol. The van der Waals surface area contributed by atoms with Crippen LogP contribution in [0.5, 0.6) is 0 Å².